The molecule has 0 fully saturated rings. The lowest BCUT2D eigenvalue weighted by atomic mass is 10.0. The Kier molecular flexibility index (Phi) is 3.31. The molecule has 0 saturated heterocycles. The maximum absolute atomic E-state index is 13.8. The molecule has 0 bridgehead atoms. The lowest BCUT2D eigenvalue weighted by molar-refractivity contribution is 0.0697. The number of nitrogens with zero attached hydrogens (tertiary/aromatic N) is 1. The van der Waals surface area contributed by atoms with Gasteiger partial charge in [-0.1, -0.05) is 29.8 Å². The van der Waals surface area contributed by atoms with E-state index in [1.165, 1.54) is 18.2 Å². The molecule has 0 unspecified atom stereocenters. The first-order valence-electron chi connectivity index (χ1n) is 6.14. The van der Waals surface area contributed by atoms with Crippen molar-refractivity contribution in [2.75, 3.05) is 0 Å². The SMILES string of the molecule is O=C(O)c1ccc2c(F)cnc(-c3ccc(Cl)cc3)c2c1. The maximum atomic E-state index is 13.8. The van der Waals surface area contributed by atoms with E-state index in [9.17, 15) is 9.18 Å². The second-order valence-electron chi connectivity index (χ2n) is 4.53. The topological polar surface area (TPSA) is 50.2 Å². The van der Waals surface area contributed by atoms with E-state index in [2.05, 4.69) is 4.98 Å². The molecule has 1 N–H and O–H groups in total. The summed E-state index contributed by atoms with van der Waals surface area (Å²) >= 11 is 5.85. The molecule has 5 heteroatoms. The van der Waals surface area contributed by atoms with E-state index >= 15 is 0 Å². The Hall–Kier alpha value is -2.46. The number of carboxylic acids is 1. The van der Waals surface area contributed by atoms with Crippen LogP contribution in [0.25, 0.3) is 22.0 Å². The number of hydrogen-bond acceptors (Lipinski definition) is 2. The number of benzene rings is 2. The molecule has 0 amide bonds. The summed E-state index contributed by atoms with van der Waals surface area (Å²) in [6.07, 6.45) is 1.13. The van der Waals surface area contributed by atoms with E-state index in [4.69, 9.17) is 16.7 Å². The van der Waals surface area contributed by atoms with Crippen LogP contribution in [0.15, 0.2) is 48.7 Å². The molecule has 3 aromatic rings. The molecule has 0 aliphatic heterocycles. The van der Waals surface area contributed by atoms with E-state index in [0.29, 0.717) is 21.5 Å². The standard InChI is InChI=1S/C16H9ClFNO2/c17-11-4-1-9(2-5-11)15-13-7-10(16(20)21)3-6-12(13)14(18)8-19-15/h1-8H,(H,20,21). The molecule has 0 spiro atoms. The average Bonchev–Trinajstić information content (AvgIpc) is 2.48. The molecule has 0 aliphatic rings. The van der Waals surface area contributed by atoms with Crippen LogP contribution in [0.5, 0.6) is 0 Å². The molecule has 1 heterocycles. The summed E-state index contributed by atoms with van der Waals surface area (Å²) in [5.74, 6) is -1.55. The van der Waals surface area contributed by atoms with Crippen LogP contribution in [0, 0.1) is 5.82 Å². The van der Waals surface area contributed by atoms with Crippen molar-refractivity contribution in [3.8, 4) is 11.3 Å². The van der Waals surface area contributed by atoms with Gasteiger partial charge in [0.15, 0.2) is 0 Å². The van der Waals surface area contributed by atoms with Crippen molar-refractivity contribution in [2.45, 2.75) is 0 Å². The van der Waals surface area contributed by atoms with Crippen molar-refractivity contribution < 1.29 is 14.3 Å². The van der Waals surface area contributed by atoms with Crippen LogP contribution in [0.4, 0.5) is 4.39 Å². The van der Waals surface area contributed by atoms with Gasteiger partial charge >= 0.3 is 5.97 Å². The predicted octanol–water partition coefficient (Wildman–Crippen LogP) is 4.39. The smallest absolute Gasteiger partial charge is 0.335 e. The molecule has 104 valence electrons. The second-order valence-corrected chi connectivity index (χ2v) is 4.96. The number of fused-ring (bicyclic) bond motifs is 1. The molecule has 1 aromatic heterocycles. The van der Waals surface area contributed by atoms with Gasteiger partial charge in [-0.25, -0.2) is 9.18 Å². The highest BCUT2D eigenvalue weighted by Gasteiger charge is 2.12. The Balaban J connectivity index is 2.31. The van der Waals surface area contributed by atoms with Crippen LogP contribution in [0.1, 0.15) is 10.4 Å². The number of pyridine rings is 1. The molecule has 0 saturated carbocycles. The summed E-state index contributed by atoms with van der Waals surface area (Å²) in [5, 5.41) is 10.4. The zero-order valence-corrected chi connectivity index (χ0v) is 11.4. The summed E-state index contributed by atoms with van der Waals surface area (Å²) in [7, 11) is 0. The number of aromatic carboxylic acids is 1. The van der Waals surface area contributed by atoms with Gasteiger partial charge in [-0.15, -0.1) is 0 Å². The maximum Gasteiger partial charge on any atom is 0.335 e. The first kappa shape index (κ1) is 13.5. The van der Waals surface area contributed by atoms with Crippen molar-refractivity contribution in [3.05, 3.63) is 65.1 Å². The fourth-order valence-corrected chi connectivity index (χ4v) is 2.31. The van der Waals surface area contributed by atoms with Gasteiger partial charge in [-0.05, 0) is 24.3 Å². The highest BCUT2D eigenvalue weighted by molar-refractivity contribution is 6.30. The largest absolute Gasteiger partial charge is 0.478 e. The molecular weight excluding hydrogens is 293 g/mol. The summed E-state index contributed by atoms with van der Waals surface area (Å²) in [6.45, 7) is 0. The molecule has 0 atom stereocenters. The van der Waals surface area contributed by atoms with Crippen molar-refractivity contribution >= 4 is 28.3 Å². The van der Waals surface area contributed by atoms with Gasteiger partial charge in [0.1, 0.15) is 5.82 Å². The van der Waals surface area contributed by atoms with Crippen LogP contribution in [0.3, 0.4) is 0 Å². The van der Waals surface area contributed by atoms with Crippen LogP contribution in [0.2, 0.25) is 5.02 Å². The quantitative estimate of drug-likeness (QED) is 0.763. The summed E-state index contributed by atoms with van der Waals surface area (Å²) in [4.78, 5) is 15.2. The van der Waals surface area contributed by atoms with Gasteiger partial charge in [-0.2, -0.15) is 0 Å². The minimum atomic E-state index is -1.07. The molecular formula is C16H9ClFNO2. The normalized spacial score (nSPS) is 10.8. The first-order chi connectivity index (χ1) is 10.1. The van der Waals surface area contributed by atoms with Crippen molar-refractivity contribution in [2.24, 2.45) is 0 Å². The van der Waals surface area contributed by atoms with Gasteiger partial charge in [0.05, 0.1) is 17.5 Å². The highest BCUT2D eigenvalue weighted by Crippen LogP contribution is 2.29. The van der Waals surface area contributed by atoms with Crippen LogP contribution >= 0.6 is 11.6 Å². The van der Waals surface area contributed by atoms with E-state index in [-0.39, 0.29) is 5.56 Å². The van der Waals surface area contributed by atoms with E-state index in [1.54, 1.807) is 24.3 Å². The van der Waals surface area contributed by atoms with Crippen LogP contribution in [-0.4, -0.2) is 16.1 Å². The zero-order chi connectivity index (χ0) is 15.0. The molecule has 21 heavy (non-hydrogen) atoms. The number of hydrogen-bond donors (Lipinski definition) is 1. The fourth-order valence-electron chi connectivity index (χ4n) is 2.18. The third kappa shape index (κ3) is 2.45. The number of carbonyl (C=O) groups is 1. The number of rotatable bonds is 2. The fraction of sp³-hybridized carbons (Fsp3) is 0. The average molecular weight is 302 g/mol. The second kappa shape index (κ2) is 5.14. The Labute approximate surface area is 124 Å². The monoisotopic (exact) mass is 301 g/mol. The minimum absolute atomic E-state index is 0.0881. The van der Waals surface area contributed by atoms with Gasteiger partial charge in [0.25, 0.3) is 0 Å². The van der Waals surface area contributed by atoms with Crippen LogP contribution < -0.4 is 0 Å². The van der Waals surface area contributed by atoms with E-state index in [0.717, 1.165) is 11.8 Å². The van der Waals surface area contributed by atoms with Gasteiger partial charge in [0, 0.05) is 21.4 Å². The first-order valence-corrected chi connectivity index (χ1v) is 6.51. The number of halogens is 2. The molecule has 3 nitrogen and oxygen atoms in total. The van der Waals surface area contributed by atoms with Crippen molar-refractivity contribution in [3.63, 3.8) is 0 Å². The lowest BCUT2D eigenvalue weighted by Crippen LogP contribution is -1.97. The number of aromatic nitrogens is 1. The summed E-state index contributed by atoms with van der Waals surface area (Å²) in [6, 6.07) is 11.2. The molecule has 3 rings (SSSR count). The minimum Gasteiger partial charge on any atom is -0.478 e. The predicted molar refractivity (Wildman–Crippen MR) is 79.1 cm³/mol. The third-order valence-electron chi connectivity index (χ3n) is 3.20. The van der Waals surface area contributed by atoms with Gasteiger partial charge in [-0.3, -0.25) is 4.98 Å². The highest BCUT2D eigenvalue weighted by atomic mass is 35.5. The van der Waals surface area contributed by atoms with Gasteiger partial charge < -0.3 is 5.11 Å². The Morgan fingerprint density at radius 1 is 1.10 bits per heavy atom. The molecule has 0 radical (unpaired) electrons. The Morgan fingerprint density at radius 2 is 1.81 bits per heavy atom. The Bertz CT molecular complexity index is 847. The Morgan fingerprint density at radius 3 is 2.48 bits per heavy atom. The summed E-state index contributed by atoms with van der Waals surface area (Å²) < 4.78 is 13.8. The number of carboxylic acid groups (broad SMARTS) is 1. The zero-order valence-electron chi connectivity index (χ0n) is 10.7. The van der Waals surface area contributed by atoms with Gasteiger partial charge in [0.2, 0.25) is 0 Å². The lowest BCUT2D eigenvalue weighted by Gasteiger charge is -2.08. The van der Waals surface area contributed by atoms with Crippen LogP contribution in [-0.2, 0) is 0 Å². The molecule has 0 aliphatic carbocycles. The van der Waals surface area contributed by atoms with Crippen molar-refractivity contribution in [1.82, 2.24) is 4.98 Å². The van der Waals surface area contributed by atoms with Crippen molar-refractivity contribution in [1.29, 1.82) is 0 Å². The van der Waals surface area contributed by atoms with E-state index in [1.807, 2.05) is 0 Å². The third-order valence-corrected chi connectivity index (χ3v) is 3.46. The summed E-state index contributed by atoms with van der Waals surface area (Å²) in [5.41, 5.74) is 1.35. The van der Waals surface area contributed by atoms with E-state index < -0.39 is 11.8 Å². The molecule has 2 aromatic carbocycles.